The SMILES string of the molecule is C[C@@H]1C[C@H]2Cc3nc(C#C[Si](C)(C)C(C)(C)C)ccc3[C@@]3(C1)[C@@H]2CCCN3Cc1ccccc1. The summed E-state index contributed by atoms with van der Waals surface area (Å²) < 4.78 is 0. The van der Waals surface area contributed by atoms with Gasteiger partial charge in [0, 0.05) is 12.2 Å². The van der Waals surface area contributed by atoms with E-state index >= 15 is 0 Å². The van der Waals surface area contributed by atoms with Crippen molar-refractivity contribution in [3.05, 3.63) is 65.0 Å². The van der Waals surface area contributed by atoms with Gasteiger partial charge in [-0.15, -0.1) is 5.54 Å². The summed E-state index contributed by atoms with van der Waals surface area (Å²) in [4.78, 5) is 8.10. The molecule has 180 valence electrons. The highest BCUT2D eigenvalue weighted by Crippen LogP contribution is 2.59. The van der Waals surface area contributed by atoms with E-state index in [1.54, 1.807) is 0 Å². The summed E-state index contributed by atoms with van der Waals surface area (Å²) in [5.74, 6) is 5.81. The lowest BCUT2D eigenvalue weighted by Gasteiger charge is -2.61. The zero-order valence-corrected chi connectivity index (χ0v) is 23.1. The maximum Gasteiger partial charge on any atom is 0.138 e. The second kappa shape index (κ2) is 8.65. The van der Waals surface area contributed by atoms with Crippen molar-refractivity contribution in [3.8, 4) is 11.5 Å². The molecule has 1 aromatic carbocycles. The second-order valence-corrected chi connectivity index (χ2v) is 17.9. The molecule has 2 bridgehead atoms. The molecule has 0 N–H and O–H groups in total. The Morgan fingerprint density at radius 2 is 1.88 bits per heavy atom. The highest BCUT2D eigenvalue weighted by molar-refractivity contribution is 6.87. The third-order valence-corrected chi connectivity index (χ3v) is 14.0. The first-order valence-electron chi connectivity index (χ1n) is 13.4. The Hall–Kier alpha value is -1.89. The van der Waals surface area contributed by atoms with E-state index in [9.17, 15) is 0 Å². The smallest absolute Gasteiger partial charge is 0.138 e. The van der Waals surface area contributed by atoms with Crippen molar-refractivity contribution < 1.29 is 0 Å². The summed E-state index contributed by atoms with van der Waals surface area (Å²) in [5, 5.41) is 0.271. The molecule has 2 aromatic rings. The van der Waals surface area contributed by atoms with Crippen molar-refractivity contribution in [2.24, 2.45) is 17.8 Å². The third-order valence-electron chi connectivity index (χ3n) is 9.55. The average Bonchev–Trinajstić information content (AvgIpc) is 2.78. The molecule has 2 nitrogen and oxygen atoms in total. The van der Waals surface area contributed by atoms with Crippen molar-refractivity contribution in [2.45, 2.75) is 90.0 Å². The number of rotatable bonds is 2. The van der Waals surface area contributed by atoms with E-state index in [0.717, 1.165) is 36.4 Å². The number of hydrogen-bond acceptors (Lipinski definition) is 2. The van der Waals surface area contributed by atoms with Gasteiger partial charge in [0.1, 0.15) is 13.8 Å². The molecule has 1 saturated carbocycles. The number of aromatic nitrogens is 1. The number of piperidine rings is 1. The number of nitrogens with zero attached hydrogens (tertiary/aromatic N) is 2. The van der Waals surface area contributed by atoms with Gasteiger partial charge in [-0.1, -0.05) is 83.1 Å². The maximum atomic E-state index is 5.26. The van der Waals surface area contributed by atoms with Crippen molar-refractivity contribution >= 4 is 8.07 Å². The zero-order chi connectivity index (χ0) is 24.1. The summed E-state index contributed by atoms with van der Waals surface area (Å²) in [6.45, 7) is 16.5. The quantitative estimate of drug-likeness (QED) is 0.341. The fourth-order valence-corrected chi connectivity index (χ4v) is 7.70. The van der Waals surface area contributed by atoms with E-state index in [1.807, 2.05) is 0 Å². The van der Waals surface area contributed by atoms with Crippen LogP contribution < -0.4 is 0 Å². The molecule has 0 amide bonds. The Morgan fingerprint density at radius 3 is 2.62 bits per heavy atom. The van der Waals surface area contributed by atoms with Gasteiger partial charge in [-0.3, -0.25) is 4.90 Å². The summed E-state index contributed by atoms with van der Waals surface area (Å²) in [6, 6.07) is 15.8. The summed E-state index contributed by atoms with van der Waals surface area (Å²) in [6.07, 6.45) is 6.45. The van der Waals surface area contributed by atoms with E-state index in [0.29, 0.717) is 0 Å². The van der Waals surface area contributed by atoms with Crippen molar-refractivity contribution in [2.75, 3.05) is 6.54 Å². The molecule has 0 unspecified atom stereocenters. The fraction of sp³-hybridized carbons (Fsp3) is 0.581. The molecule has 2 fully saturated rings. The molecule has 2 aliphatic carbocycles. The maximum absolute atomic E-state index is 5.26. The number of pyridine rings is 1. The van der Waals surface area contributed by atoms with Gasteiger partial charge in [0.2, 0.25) is 0 Å². The van der Waals surface area contributed by atoms with Crippen molar-refractivity contribution in [1.82, 2.24) is 9.88 Å². The Balaban J connectivity index is 1.56. The van der Waals surface area contributed by atoms with Crippen molar-refractivity contribution in [3.63, 3.8) is 0 Å². The lowest BCUT2D eigenvalue weighted by Crippen LogP contribution is -2.61. The van der Waals surface area contributed by atoms with Crippen LogP contribution in [0.15, 0.2) is 42.5 Å². The largest absolute Gasteiger partial charge is 0.289 e. The fourth-order valence-electron chi connectivity index (χ4n) is 6.88. The predicted molar refractivity (Wildman–Crippen MR) is 145 cm³/mol. The molecule has 4 atom stereocenters. The molecule has 1 saturated heterocycles. The molecule has 0 radical (unpaired) electrons. The first-order chi connectivity index (χ1) is 16.1. The van der Waals surface area contributed by atoms with E-state index in [4.69, 9.17) is 4.98 Å². The van der Waals surface area contributed by atoms with Crippen LogP contribution in [-0.2, 0) is 18.5 Å². The minimum Gasteiger partial charge on any atom is -0.289 e. The summed E-state index contributed by atoms with van der Waals surface area (Å²) >= 11 is 0. The van der Waals surface area contributed by atoms with Crippen LogP contribution in [0.1, 0.15) is 75.9 Å². The summed E-state index contributed by atoms with van der Waals surface area (Å²) in [7, 11) is -1.65. The Bertz CT molecular complexity index is 1100. The van der Waals surface area contributed by atoms with E-state index < -0.39 is 8.07 Å². The van der Waals surface area contributed by atoms with E-state index in [1.165, 1.54) is 49.0 Å². The molecule has 1 aliphatic heterocycles. The topological polar surface area (TPSA) is 16.1 Å². The number of hydrogen-bond donors (Lipinski definition) is 0. The monoisotopic (exact) mass is 470 g/mol. The van der Waals surface area contributed by atoms with Gasteiger partial charge < -0.3 is 0 Å². The first-order valence-corrected chi connectivity index (χ1v) is 16.4. The molecule has 5 rings (SSSR count). The van der Waals surface area contributed by atoms with Crippen LogP contribution in [-0.4, -0.2) is 24.5 Å². The molecular weight excluding hydrogens is 428 g/mol. The van der Waals surface area contributed by atoms with Crippen LogP contribution in [0.25, 0.3) is 0 Å². The Morgan fingerprint density at radius 1 is 1.12 bits per heavy atom. The van der Waals surface area contributed by atoms with Gasteiger partial charge in [0.25, 0.3) is 0 Å². The lowest BCUT2D eigenvalue weighted by molar-refractivity contribution is -0.0968. The molecule has 3 heteroatoms. The first kappa shape index (κ1) is 23.8. The van der Waals surface area contributed by atoms with Crippen LogP contribution in [0, 0.1) is 29.2 Å². The predicted octanol–water partition coefficient (Wildman–Crippen LogP) is 7.19. The summed E-state index contributed by atoms with van der Waals surface area (Å²) in [5.41, 5.74) is 9.11. The third kappa shape index (κ3) is 4.08. The van der Waals surface area contributed by atoms with Crippen LogP contribution in [0.4, 0.5) is 0 Å². The Labute approximate surface area is 208 Å². The highest BCUT2D eigenvalue weighted by Gasteiger charge is 2.57. The molecule has 2 heterocycles. The van der Waals surface area contributed by atoms with E-state index in [-0.39, 0.29) is 10.6 Å². The van der Waals surface area contributed by atoms with Gasteiger partial charge in [-0.2, -0.15) is 0 Å². The number of benzene rings is 1. The van der Waals surface area contributed by atoms with Gasteiger partial charge >= 0.3 is 0 Å². The Kier molecular flexibility index (Phi) is 6.06. The minimum atomic E-state index is -1.65. The second-order valence-electron chi connectivity index (χ2n) is 12.9. The van der Waals surface area contributed by atoms with Gasteiger partial charge in [0.05, 0.1) is 5.54 Å². The van der Waals surface area contributed by atoms with Gasteiger partial charge in [0.15, 0.2) is 0 Å². The van der Waals surface area contributed by atoms with Crippen LogP contribution in [0.2, 0.25) is 18.1 Å². The number of likely N-dealkylation sites (tertiary alicyclic amines) is 1. The highest BCUT2D eigenvalue weighted by atomic mass is 28.3. The zero-order valence-electron chi connectivity index (χ0n) is 22.1. The molecule has 1 aromatic heterocycles. The standard InChI is InChI=1S/C31H42N2Si/c1-23-19-25-20-29-28(15-14-26(32-29)16-18-34(5,6)30(2,3)4)31(21-23)27(25)13-10-17-33(31)22-24-11-8-7-9-12-24/h7-9,11-12,14-15,23,25,27H,10,13,17,19-22H2,1-6H3/t23-,25+,27-,31-/m1/s1. The molecule has 0 spiro atoms. The van der Waals surface area contributed by atoms with E-state index in [2.05, 4.69) is 99.6 Å². The average molecular weight is 471 g/mol. The van der Waals surface area contributed by atoms with Crippen molar-refractivity contribution in [1.29, 1.82) is 0 Å². The van der Waals surface area contributed by atoms with Gasteiger partial charge in [-0.05, 0) is 78.6 Å². The van der Waals surface area contributed by atoms with Crippen LogP contribution in [0.3, 0.4) is 0 Å². The van der Waals surface area contributed by atoms with Gasteiger partial charge in [-0.25, -0.2) is 4.98 Å². The minimum absolute atomic E-state index is 0.141. The lowest BCUT2D eigenvalue weighted by atomic mass is 9.53. The normalized spacial score (nSPS) is 28.9. The number of fused-ring (bicyclic) bond motifs is 1. The van der Waals surface area contributed by atoms with Crippen LogP contribution in [0.5, 0.6) is 0 Å². The molecule has 3 aliphatic rings. The van der Waals surface area contributed by atoms with Crippen LogP contribution >= 0.6 is 0 Å². The molecular formula is C31H42N2Si. The molecule has 34 heavy (non-hydrogen) atoms.